The summed E-state index contributed by atoms with van der Waals surface area (Å²) in [5, 5.41) is 29.1. The number of nitrogens with one attached hydrogen (secondary N) is 1. The summed E-state index contributed by atoms with van der Waals surface area (Å²) in [7, 11) is 0. The van der Waals surface area contributed by atoms with Crippen molar-refractivity contribution >= 4 is 11.8 Å². The summed E-state index contributed by atoms with van der Waals surface area (Å²) in [6.45, 7) is 4.07. The van der Waals surface area contributed by atoms with Crippen molar-refractivity contribution in [3.63, 3.8) is 0 Å². The van der Waals surface area contributed by atoms with Gasteiger partial charge < -0.3 is 10.4 Å². The molecular formula is C15H14N4O2. The average Bonchev–Trinajstić information content (AvgIpc) is 2.49. The second kappa shape index (κ2) is 6.01. The quantitative estimate of drug-likeness (QED) is 0.892. The Labute approximate surface area is 122 Å². The van der Waals surface area contributed by atoms with E-state index in [0.29, 0.717) is 17.9 Å². The molecule has 0 aliphatic heterocycles. The summed E-state index contributed by atoms with van der Waals surface area (Å²) in [6, 6.07) is 8.64. The van der Waals surface area contributed by atoms with Gasteiger partial charge in [-0.3, -0.25) is 0 Å². The molecule has 0 radical (unpaired) electrons. The van der Waals surface area contributed by atoms with E-state index in [4.69, 9.17) is 5.11 Å². The van der Waals surface area contributed by atoms with E-state index in [2.05, 4.69) is 21.6 Å². The minimum absolute atomic E-state index is 0.238. The van der Waals surface area contributed by atoms with Crippen LogP contribution in [0.25, 0.3) is 0 Å². The molecule has 0 bridgehead atoms. The monoisotopic (exact) mass is 282 g/mol. The van der Waals surface area contributed by atoms with Gasteiger partial charge in [-0.2, -0.15) is 10.4 Å². The molecule has 0 amide bonds. The largest absolute Gasteiger partial charge is 0.478 e. The first kappa shape index (κ1) is 14.5. The van der Waals surface area contributed by atoms with Crippen LogP contribution in [0.15, 0.2) is 24.3 Å². The van der Waals surface area contributed by atoms with Crippen LogP contribution in [0.3, 0.4) is 0 Å². The molecule has 6 nitrogen and oxygen atoms in total. The molecule has 0 spiro atoms. The molecule has 0 atom stereocenters. The predicted molar refractivity (Wildman–Crippen MR) is 76.9 cm³/mol. The lowest BCUT2D eigenvalue weighted by Crippen LogP contribution is -2.07. The number of aryl methyl sites for hydroxylation is 1. The first-order valence-electron chi connectivity index (χ1n) is 6.33. The number of nitrogens with zero attached hydrogens (tertiary/aromatic N) is 3. The summed E-state index contributed by atoms with van der Waals surface area (Å²) >= 11 is 0. The second-order valence-electron chi connectivity index (χ2n) is 4.60. The topological polar surface area (TPSA) is 98.9 Å². The highest BCUT2D eigenvalue weighted by atomic mass is 16.4. The van der Waals surface area contributed by atoms with Crippen molar-refractivity contribution in [2.75, 3.05) is 5.32 Å². The summed E-state index contributed by atoms with van der Waals surface area (Å²) in [6.07, 6.45) is 0. The van der Waals surface area contributed by atoms with Crippen LogP contribution < -0.4 is 5.32 Å². The number of nitriles is 1. The van der Waals surface area contributed by atoms with Crippen LogP contribution in [-0.4, -0.2) is 21.3 Å². The van der Waals surface area contributed by atoms with Gasteiger partial charge in [-0.15, -0.1) is 5.10 Å². The molecule has 0 aliphatic rings. The fraction of sp³-hybridized carbons (Fsp3) is 0.200. The van der Waals surface area contributed by atoms with E-state index in [9.17, 15) is 10.1 Å². The van der Waals surface area contributed by atoms with Crippen LogP contribution in [0.4, 0.5) is 5.82 Å². The molecule has 1 aromatic heterocycles. The summed E-state index contributed by atoms with van der Waals surface area (Å²) < 4.78 is 0. The van der Waals surface area contributed by atoms with Crippen LogP contribution in [0.1, 0.15) is 32.7 Å². The van der Waals surface area contributed by atoms with E-state index >= 15 is 0 Å². The second-order valence-corrected chi connectivity index (χ2v) is 4.60. The Bertz CT molecular complexity index is 718. The van der Waals surface area contributed by atoms with Gasteiger partial charge in [0.15, 0.2) is 5.82 Å². The van der Waals surface area contributed by atoms with E-state index in [1.165, 1.54) is 12.1 Å². The highest BCUT2D eigenvalue weighted by Crippen LogP contribution is 2.17. The lowest BCUT2D eigenvalue weighted by molar-refractivity contribution is 0.0697. The zero-order valence-electron chi connectivity index (χ0n) is 11.7. The molecule has 21 heavy (non-hydrogen) atoms. The Kier molecular flexibility index (Phi) is 4.14. The van der Waals surface area contributed by atoms with E-state index < -0.39 is 5.97 Å². The normalized spacial score (nSPS) is 9.95. The molecule has 0 aliphatic carbocycles. The molecule has 2 rings (SSSR count). The molecule has 1 aromatic carbocycles. The van der Waals surface area contributed by atoms with Gasteiger partial charge in [-0.25, -0.2) is 4.79 Å². The van der Waals surface area contributed by atoms with Gasteiger partial charge in [-0.05, 0) is 37.1 Å². The van der Waals surface area contributed by atoms with E-state index in [1.54, 1.807) is 19.1 Å². The first-order valence-corrected chi connectivity index (χ1v) is 6.33. The summed E-state index contributed by atoms with van der Waals surface area (Å²) in [4.78, 5) is 10.8. The minimum Gasteiger partial charge on any atom is -0.478 e. The smallest absolute Gasteiger partial charge is 0.335 e. The lowest BCUT2D eigenvalue weighted by atomic mass is 10.1. The molecule has 1 heterocycles. The Morgan fingerprint density at radius 3 is 2.52 bits per heavy atom. The van der Waals surface area contributed by atoms with Gasteiger partial charge in [0.25, 0.3) is 0 Å². The van der Waals surface area contributed by atoms with Crippen LogP contribution in [0.2, 0.25) is 0 Å². The Morgan fingerprint density at radius 1 is 1.29 bits per heavy atom. The van der Waals surface area contributed by atoms with E-state index in [1.807, 2.05) is 6.92 Å². The maximum Gasteiger partial charge on any atom is 0.335 e. The third-order valence-electron chi connectivity index (χ3n) is 3.23. The number of carboxylic acid groups (broad SMARTS) is 1. The Morgan fingerprint density at radius 2 is 1.95 bits per heavy atom. The Balaban J connectivity index is 2.15. The van der Waals surface area contributed by atoms with Crippen molar-refractivity contribution in [3.05, 3.63) is 52.2 Å². The fourth-order valence-corrected chi connectivity index (χ4v) is 1.82. The van der Waals surface area contributed by atoms with E-state index in [-0.39, 0.29) is 5.56 Å². The molecule has 0 saturated carbocycles. The number of benzene rings is 1. The Hall–Kier alpha value is -2.94. The minimum atomic E-state index is -0.957. The molecule has 0 saturated heterocycles. The lowest BCUT2D eigenvalue weighted by Gasteiger charge is -2.09. The maximum absolute atomic E-state index is 10.8. The maximum atomic E-state index is 10.8. The molecule has 2 aromatic rings. The number of hydrogen-bond donors (Lipinski definition) is 2. The van der Waals surface area contributed by atoms with Crippen LogP contribution in [0, 0.1) is 25.2 Å². The van der Waals surface area contributed by atoms with Gasteiger partial charge in [0.2, 0.25) is 0 Å². The highest BCUT2D eigenvalue weighted by Gasteiger charge is 2.10. The number of rotatable bonds is 4. The van der Waals surface area contributed by atoms with E-state index in [0.717, 1.165) is 16.8 Å². The zero-order chi connectivity index (χ0) is 15.4. The predicted octanol–water partition coefficient (Wildman–Crippen LogP) is 2.28. The number of carbonyl (C=O) groups is 1. The number of aromatic nitrogens is 2. The third-order valence-corrected chi connectivity index (χ3v) is 3.23. The zero-order valence-corrected chi connectivity index (χ0v) is 11.7. The van der Waals surface area contributed by atoms with Crippen molar-refractivity contribution in [2.45, 2.75) is 20.4 Å². The molecule has 0 fully saturated rings. The van der Waals surface area contributed by atoms with Crippen molar-refractivity contribution in [2.24, 2.45) is 0 Å². The standard InChI is InChI=1S/C15H14N4O2/c1-9-10(2)18-19-14(13(9)7-16)17-8-11-3-5-12(6-4-11)15(20)21/h3-6H,8H2,1-2H3,(H,17,19)(H,20,21). The summed E-state index contributed by atoms with van der Waals surface area (Å²) in [5.41, 5.74) is 3.13. The van der Waals surface area contributed by atoms with Crippen LogP contribution >= 0.6 is 0 Å². The number of hydrogen-bond acceptors (Lipinski definition) is 5. The van der Waals surface area contributed by atoms with Crippen LogP contribution in [-0.2, 0) is 6.54 Å². The average molecular weight is 282 g/mol. The first-order chi connectivity index (χ1) is 10.0. The third kappa shape index (κ3) is 3.15. The molecular weight excluding hydrogens is 268 g/mol. The highest BCUT2D eigenvalue weighted by molar-refractivity contribution is 5.87. The van der Waals surface area contributed by atoms with Crippen LogP contribution in [0.5, 0.6) is 0 Å². The molecule has 2 N–H and O–H groups in total. The van der Waals surface area contributed by atoms with Gasteiger partial charge in [0.05, 0.1) is 11.3 Å². The SMILES string of the molecule is Cc1nnc(NCc2ccc(C(=O)O)cc2)c(C#N)c1C. The van der Waals surface area contributed by atoms with Gasteiger partial charge in [0.1, 0.15) is 11.6 Å². The number of aromatic carboxylic acids is 1. The molecule has 106 valence electrons. The summed E-state index contributed by atoms with van der Waals surface area (Å²) in [5.74, 6) is -0.524. The van der Waals surface area contributed by atoms with Crippen molar-refractivity contribution in [1.82, 2.24) is 10.2 Å². The molecule has 0 unspecified atom stereocenters. The fourth-order valence-electron chi connectivity index (χ4n) is 1.82. The van der Waals surface area contributed by atoms with Crippen molar-refractivity contribution < 1.29 is 9.90 Å². The van der Waals surface area contributed by atoms with Gasteiger partial charge in [0, 0.05) is 6.54 Å². The number of carboxylic acids is 1. The number of anilines is 1. The van der Waals surface area contributed by atoms with Crippen molar-refractivity contribution in [3.8, 4) is 6.07 Å². The van der Waals surface area contributed by atoms with Gasteiger partial charge >= 0.3 is 5.97 Å². The van der Waals surface area contributed by atoms with Gasteiger partial charge in [-0.1, -0.05) is 12.1 Å². The van der Waals surface area contributed by atoms with Crippen molar-refractivity contribution in [1.29, 1.82) is 5.26 Å². The molecule has 6 heteroatoms.